The van der Waals surface area contributed by atoms with E-state index in [1.165, 1.54) is 12.5 Å². The molecule has 0 aromatic carbocycles. The molecule has 1 heterocycles. The molecule has 132 valence electrons. The molecular formula is C18H27N3O3. The highest BCUT2D eigenvalue weighted by Crippen LogP contribution is 2.61. The predicted molar refractivity (Wildman–Crippen MR) is 91.7 cm³/mol. The SMILES string of the molecule is CCOC(=O)Cn1ncc(N[C@@H]2C[C@H]3C[C@@H]([C@H]2C)C3(C)C)cc1=O. The molecule has 4 atom stereocenters. The second-order valence-electron chi connectivity index (χ2n) is 7.75. The highest BCUT2D eigenvalue weighted by Gasteiger charge is 2.56. The predicted octanol–water partition coefficient (Wildman–Crippen LogP) is 2.29. The minimum Gasteiger partial charge on any atom is -0.465 e. The Hall–Kier alpha value is -1.85. The molecule has 0 saturated heterocycles. The molecule has 4 rings (SSSR count). The van der Waals surface area contributed by atoms with Gasteiger partial charge in [0.05, 0.1) is 18.5 Å². The molecule has 3 saturated carbocycles. The number of aromatic nitrogens is 2. The van der Waals surface area contributed by atoms with Crippen LogP contribution in [0.1, 0.15) is 40.5 Å². The summed E-state index contributed by atoms with van der Waals surface area (Å²) in [6, 6.07) is 1.90. The number of fused-ring (bicyclic) bond motifs is 2. The zero-order chi connectivity index (χ0) is 17.5. The molecule has 0 amide bonds. The van der Waals surface area contributed by atoms with Crippen LogP contribution in [0.4, 0.5) is 5.69 Å². The van der Waals surface area contributed by atoms with Gasteiger partial charge >= 0.3 is 5.97 Å². The van der Waals surface area contributed by atoms with Crippen LogP contribution in [-0.4, -0.2) is 28.4 Å². The smallest absolute Gasteiger partial charge is 0.327 e. The van der Waals surface area contributed by atoms with Gasteiger partial charge in [-0.05, 0) is 42.9 Å². The number of nitrogens with one attached hydrogen (secondary N) is 1. The molecule has 3 aliphatic carbocycles. The first-order valence-electron chi connectivity index (χ1n) is 8.82. The van der Waals surface area contributed by atoms with E-state index < -0.39 is 5.97 Å². The molecule has 3 aliphatic rings. The summed E-state index contributed by atoms with van der Waals surface area (Å²) in [5, 5.41) is 7.57. The minimum absolute atomic E-state index is 0.148. The number of esters is 1. The Morgan fingerprint density at radius 3 is 2.79 bits per heavy atom. The van der Waals surface area contributed by atoms with Crippen LogP contribution >= 0.6 is 0 Å². The maximum Gasteiger partial charge on any atom is 0.327 e. The molecule has 6 heteroatoms. The van der Waals surface area contributed by atoms with Gasteiger partial charge in [0, 0.05) is 12.1 Å². The zero-order valence-corrected chi connectivity index (χ0v) is 14.9. The summed E-state index contributed by atoms with van der Waals surface area (Å²) in [6.07, 6.45) is 4.08. The number of nitrogens with zero attached hydrogens (tertiary/aromatic N) is 2. The Kier molecular flexibility index (Phi) is 4.40. The molecular weight excluding hydrogens is 306 g/mol. The maximum atomic E-state index is 12.1. The third-order valence-electron chi connectivity index (χ3n) is 6.16. The molecule has 6 nitrogen and oxygen atoms in total. The molecule has 1 N–H and O–H groups in total. The van der Waals surface area contributed by atoms with Gasteiger partial charge in [0.25, 0.3) is 5.56 Å². The lowest BCUT2D eigenvalue weighted by Crippen LogP contribution is -2.58. The fourth-order valence-electron chi connectivity index (χ4n) is 4.51. The second kappa shape index (κ2) is 6.22. The van der Waals surface area contributed by atoms with E-state index >= 15 is 0 Å². The first-order valence-corrected chi connectivity index (χ1v) is 8.82. The van der Waals surface area contributed by atoms with Crippen LogP contribution in [-0.2, 0) is 16.1 Å². The Morgan fingerprint density at radius 1 is 1.46 bits per heavy atom. The number of anilines is 1. The summed E-state index contributed by atoms with van der Waals surface area (Å²) in [5.74, 6) is 1.63. The van der Waals surface area contributed by atoms with Crippen molar-refractivity contribution in [3.8, 4) is 0 Å². The van der Waals surface area contributed by atoms with Crippen molar-refractivity contribution >= 4 is 11.7 Å². The molecule has 0 spiro atoms. The van der Waals surface area contributed by atoms with Crippen molar-refractivity contribution in [2.45, 2.75) is 53.1 Å². The summed E-state index contributed by atoms with van der Waals surface area (Å²) in [7, 11) is 0. The molecule has 24 heavy (non-hydrogen) atoms. The Balaban J connectivity index is 1.66. The van der Waals surface area contributed by atoms with Crippen molar-refractivity contribution in [2.24, 2.45) is 23.2 Å². The number of ether oxygens (including phenoxy) is 1. The van der Waals surface area contributed by atoms with Crippen LogP contribution in [0.3, 0.4) is 0 Å². The quantitative estimate of drug-likeness (QED) is 0.837. The number of hydrogen-bond donors (Lipinski definition) is 1. The fraction of sp³-hybridized carbons (Fsp3) is 0.722. The van der Waals surface area contributed by atoms with Crippen LogP contribution in [0.2, 0.25) is 0 Å². The van der Waals surface area contributed by atoms with E-state index in [4.69, 9.17) is 4.74 Å². The average Bonchev–Trinajstić information content (AvgIpc) is 2.51. The summed E-state index contributed by atoms with van der Waals surface area (Å²) in [5.41, 5.74) is 0.886. The summed E-state index contributed by atoms with van der Waals surface area (Å²) < 4.78 is 5.98. The maximum absolute atomic E-state index is 12.1. The Labute approximate surface area is 142 Å². The van der Waals surface area contributed by atoms with E-state index in [-0.39, 0.29) is 12.1 Å². The first kappa shape index (κ1) is 17.0. The molecule has 2 bridgehead atoms. The van der Waals surface area contributed by atoms with Crippen molar-refractivity contribution in [1.82, 2.24) is 9.78 Å². The van der Waals surface area contributed by atoms with Gasteiger partial charge in [0.1, 0.15) is 6.54 Å². The average molecular weight is 333 g/mol. The number of carbonyl (C=O) groups excluding carboxylic acids is 1. The molecule has 0 aliphatic heterocycles. The van der Waals surface area contributed by atoms with E-state index in [0.29, 0.717) is 24.0 Å². The fourth-order valence-corrected chi connectivity index (χ4v) is 4.51. The van der Waals surface area contributed by atoms with Gasteiger partial charge in [-0.1, -0.05) is 20.8 Å². The van der Waals surface area contributed by atoms with Gasteiger partial charge in [-0.2, -0.15) is 5.10 Å². The lowest BCUT2D eigenvalue weighted by molar-refractivity contribution is -0.144. The highest BCUT2D eigenvalue weighted by atomic mass is 16.5. The topological polar surface area (TPSA) is 73.2 Å². The van der Waals surface area contributed by atoms with Gasteiger partial charge in [-0.25, -0.2) is 4.68 Å². The van der Waals surface area contributed by atoms with Crippen LogP contribution in [0.5, 0.6) is 0 Å². The van der Waals surface area contributed by atoms with E-state index in [1.807, 2.05) is 0 Å². The summed E-state index contributed by atoms with van der Waals surface area (Å²) in [4.78, 5) is 23.6. The molecule has 1 aromatic heterocycles. The van der Waals surface area contributed by atoms with Crippen LogP contribution in [0, 0.1) is 23.2 Å². The van der Waals surface area contributed by atoms with Gasteiger partial charge in [0.2, 0.25) is 0 Å². The lowest BCUT2D eigenvalue weighted by atomic mass is 9.45. The Bertz CT molecular complexity index is 682. The van der Waals surface area contributed by atoms with Gasteiger partial charge in [-0.3, -0.25) is 9.59 Å². The lowest BCUT2D eigenvalue weighted by Gasteiger charge is -2.62. The van der Waals surface area contributed by atoms with E-state index in [1.54, 1.807) is 13.1 Å². The van der Waals surface area contributed by atoms with Gasteiger partial charge in [-0.15, -0.1) is 0 Å². The largest absolute Gasteiger partial charge is 0.465 e. The minimum atomic E-state index is -0.448. The monoisotopic (exact) mass is 333 g/mol. The highest BCUT2D eigenvalue weighted by molar-refractivity contribution is 5.69. The zero-order valence-electron chi connectivity index (χ0n) is 14.9. The normalized spacial score (nSPS) is 30.3. The standard InChI is InChI=1S/C18H27N3O3/c1-5-24-17(23)10-21-16(22)8-13(9-19-21)20-15-7-12-6-14(11(15)2)18(12,3)4/h8-9,11-12,14-15,20H,5-7,10H2,1-4H3/t11-,12-,14+,15-/m1/s1. The summed E-state index contributed by atoms with van der Waals surface area (Å²) >= 11 is 0. The molecule has 1 aromatic rings. The van der Waals surface area contributed by atoms with Crippen molar-refractivity contribution in [2.75, 3.05) is 11.9 Å². The van der Waals surface area contributed by atoms with Crippen molar-refractivity contribution in [3.63, 3.8) is 0 Å². The number of carbonyl (C=O) groups is 1. The van der Waals surface area contributed by atoms with Crippen molar-refractivity contribution < 1.29 is 9.53 Å². The van der Waals surface area contributed by atoms with E-state index in [0.717, 1.165) is 28.6 Å². The van der Waals surface area contributed by atoms with Crippen molar-refractivity contribution in [3.05, 3.63) is 22.6 Å². The van der Waals surface area contributed by atoms with Gasteiger partial charge < -0.3 is 10.1 Å². The van der Waals surface area contributed by atoms with Crippen LogP contribution in [0.15, 0.2) is 17.1 Å². The third-order valence-corrected chi connectivity index (χ3v) is 6.16. The third kappa shape index (κ3) is 2.94. The number of rotatable bonds is 5. The molecule has 0 unspecified atom stereocenters. The number of hydrogen-bond acceptors (Lipinski definition) is 5. The van der Waals surface area contributed by atoms with Gasteiger partial charge in [0.15, 0.2) is 0 Å². The van der Waals surface area contributed by atoms with Crippen molar-refractivity contribution in [1.29, 1.82) is 0 Å². The van der Waals surface area contributed by atoms with E-state index in [9.17, 15) is 9.59 Å². The summed E-state index contributed by atoms with van der Waals surface area (Å²) in [6.45, 7) is 8.93. The second-order valence-corrected chi connectivity index (χ2v) is 7.75. The Morgan fingerprint density at radius 2 is 2.21 bits per heavy atom. The van der Waals surface area contributed by atoms with E-state index in [2.05, 4.69) is 31.2 Å². The van der Waals surface area contributed by atoms with Crippen LogP contribution < -0.4 is 10.9 Å². The molecule has 0 radical (unpaired) electrons. The van der Waals surface area contributed by atoms with Crippen LogP contribution in [0.25, 0.3) is 0 Å². The molecule has 3 fully saturated rings. The first-order chi connectivity index (χ1) is 11.3.